The van der Waals surface area contributed by atoms with Crippen LogP contribution in [0.15, 0.2) is 30.3 Å². The number of aromatic nitrogens is 2. The van der Waals surface area contributed by atoms with Crippen LogP contribution >= 0.6 is 0 Å². The molecule has 0 unspecified atom stereocenters. The van der Waals surface area contributed by atoms with Crippen LogP contribution in [0.25, 0.3) is 0 Å². The maximum Gasteiger partial charge on any atom is 0.253 e. The van der Waals surface area contributed by atoms with Gasteiger partial charge in [0.15, 0.2) is 5.82 Å². The zero-order valence-electron chi connectivity index (χ0n) is 16.1. The third kappa shape index (κ3) is 4.74. The summed E-state index contributed by atoms with van der Waals surface area (Å²) in [6.45, 7) is 7.84. The van der Waals surface area contributed by atoms with Gasteiger partial charge in [0.05, 0.1) is 6.61 Å². The van der Waals surface area contributed by atoms with Gasteiger partial charge in [-0.1, -0.05) is 6.07 Å². The molecule has 0 spiro atoms. The lowest BCUT2D eigenvalue weighted by atomic mass is 10.1. The molecule has 1 aromatic carbocycles. The van der Waals surface area contributed by atoms with Crippen molar-refractivity contribution in [2.45, 2.75) is 13.8 Å². The SMILES string of the molecule is COCCOc1ccc(N2CCN(C(=O)c3ccc(C)c(C)c3)CC2)nn1. The van der Waals surface area contributed by atoms with Gasteiger partial charge in [0.1, 0.15) is 6.61 Å². The molecular weight excluding hydrogens is 344 g/mol. The number of benzene rings is 1. The van der Waals surface area contributed by atoms with Gasteiger partial charge in [0.25, 0.3) is 5.91 Å². The van der Waals surface area contributed by atoms with Crippen LogP contribution in [-0.4, -0.2) is 67.5 Å². The Hall–Kier alpha value is -2.67. The molecule has 2 heterocycles. The molecule has 0 radical (unpaired) electrons. The fraction of sp³-hybridized carbons (Fsp3) is 0.450. The van der Waals surface area contributed by atoms with E-state index in [2.05, 4.69) is 22.0 Å². The van der Waals surface area contributed by atoms with Crippen molar-refractivity contribution in [3.8, 4) is 5.88 Å². The van der Waals surface area contributed by atoms with Crippen molar-refractivity contribution in [3.05, 3.63) is 47.0 Å². The van der Waals surface area contributed by atoms with Gasteiger partial charge in [-0.3, -0.25) is 4.79 Å². The van der Waals surface area contributed by atoms with Crippen LogP contribution in [0.5, 0.6) is 5.88 Å². The van der Waals surface area contributed by atoms with E-state index in [4.69, 9.17) is 9.47 Å². The minimum atomic E-state index is 0.0886. The van der Waals surface area contributed by atoms with Crippen LogP contribution in [-0.2, 0) is 4.74 Å². The summed E-state index contributed by atoms with van der Waals surface area (Å²) in [5, 5.41) is 8.33. The number of methoxy groups -OCH3 is 1. The summed E-state index contributed by atoms with van der Waals surface area (Å²) in [5.41, 5.74) is 3.09. The quantitative estimate of drug-likeness (QED) is 0.726. The molecule has 1 aliphatic rings. The van der Waals surface area contributed by atoms with E-state index in [1.54, 1.807) is 7.11 Å². The summed E-state index contributed by atoms with van der Waals surface area (Å²) in [5.74, 6) is 1.37. The second-order valence-corrected chi connectivity index (χ2v) is 6.65. The number of nitrogens with zero attached hydrogens (tertiary/aromatic N) is 4. The smallest absolute Gasteiger partial charge is 0.253 e. The highest BCUT2D eigenvalue weighted by molar-refractivity contribution is 5.94. The van der Waals surface area contributed by atoms with Crippen molar-refractivity contribution in [2.24, 2.45) is 0 Å². The van der Waals surface area contributed by atoms with E-state index in [0.717, 1.165) is 30.0 Å². The summed E-state index contributed by atoms with van der Waals surface area (Å²) in [6, 6.07) is 9.59. The molecule has 0 saturated carbocycles. The van der Waals surface area contributed by atoms with E-state index in [9.17, 15) is 4.79 Å². The van der Waals surface area contributed by atoms with E-state index in [-0.39, 0.29) is 5.91 Å². The molecule has 1 aliphatic heterocycles. The minimum absolute atomic E-state index is 0.0886. The van der Waals surface area contributed by atoms with Gasteiger partial charge in [-0.15, -0.1) is 10.2 Å². The fourth-order valence-electron chi connectivity index (χ4n) is 2.98. The highest BCUT2D eigenvalue weighted by Crippen LogP contribution is 2.17. The van der Waals surface area contributed by atoms with E-state index >= 15 is 0 Å². The van der Waals surface area contributed by atoms with E-state index in [0.29, 0.717) is 32.2 Å². The first-order valence-electron chi connectivity index (χ1n) is 9.15. The van der Waals surface area contributed by atoms with Gasteiger partial charge < -0.3 is 19.3 Å². The second-order valence-electron chi connectivity index (χ2n) is 6.65. The molecule has 1 amide bonds. The summed E-state index contributed by atoms with van der Waals surface area (Å²) in [6.07, 6.45) is 0. The van der Waals surface area contributed by atoms with E-state index in [1.807, 2.05) is 42.2 Å². The maximum atomic E-state index is 12.7. The van der Waals surface area contributed by atoms with Crippen LogP contribution < -0.4 is 9.64 Å². The lowest BCUT2D eigenvalue weighted by Crippen LogP contribution is -2.49. The van der Waals surface area contributed by atoms with Crippen LogP contribution in [0.1, 0.15) is 21.5 Å². The lowest BCUT2D eigenvalue weighted by molar-refractivity contribution is 0.0746. The van der Waals surface area contributed by atoms with Gasteiger partial charge in [-0.25, -0.2) is 0 Å². The van der Waals surface area contributed by atoms with E-state index < -0.39 is 0 Å². The van der Waals surface area contributed by atoms with Crippen LogP contribution in [0.4, 0.5) is 5.82 Å². The maximum absolute atomic E-state index is 12.7. The number of aryl methyl sites for hydroxylation is 2. The van der Waals surface area contributed by atoms with Crippen molar-refractivity contribution in [1.29, 1.82) is 0 Å². The Bertz CT molecular complexity index is 771. The Balaban J connectivity index is 1.55. The molecule has 0 bridgehead atoms. The number of ether oxygens (including phenoxy) is 2. The Kier molecular flexibility index (Phi) is 6.24. The summed E-state index contributed by atoms with van der Waals surface area (Å²) < 4.78 is 10.4. The Labute approximate surface area is 159 Å². The van der Waals surface area contributed by atoms with Crippen molar-refractivity contribution in [3.63, 3.8) is 0 Å². The molecule has 1 saturated heterocycles. The number of hydrogen-bond donors (Lipinski definition) is 0. The second kappa shape index (κ2) is 8.81. The summed E-state index contributed by atoms with van der Waals surface area (Å²) in [4.78, 5) is 16.8. The van der Waals surface area contributed by atoms with Crippen LogP contribution in [0, 0.1) is 13.8 Å². The average Bonchev–Trinajstić information content (AvgIpc) is 2.70. The third-order valence-electron chi connectivity index (χ3n) is 4.81. The first-order valence-corrected chi connectivity index (χ1v) is 9.15. The molecule has 144 valence electrons. The molecule has 1 fully saturated rings. The monoisotopic (exact) mass is 370 g/mol. The highest BCUT2D eigenvalue weighted by Gasteiger charge is 2.23. The zero-order chi connectivity index (χ0) is 19.2. The van der Waals surface area contributed by atoms with Gasteiger partial charge in [0.2, 0.25) is 5.88 Å². The Morgan fingerprint density at radius 2 is 1.78 bits per heavy atom. The largest absolute Gasteiger partial charge is 0.474 e. The van der Waals surface area contributed by atoms with E-state index in [1.165, 1.54) is 5.56 Å². The summed E-state index contributed by atoms with van der Waals surface area (Å²) >= 11 is 0. The molecule has 7 nitrogen and oxygen atoms in total. The van der Waals surface area contributed by atoms with Crippen molar-refractivity contribution >= 4 is 11.7 Å². The first kappa shape index (κ1) is 19.1. The number of hydrogen-bond acceptors (Lipinski definition) is 6. The van der Waals surface area contributed by atoms with Crippen LogP contribution in [0.2, 0.25) is 0 Å². The lowest BCUT2D eigenvalue weighted by Gasteiger charge is -2.35. The average molecular weight is 370 g/mol. The predicted molar refractivity (Wildman–Crippen MR) is 103 cm³/mol. The third-order valence-corrected chi connectivity index (χ3v) is 4.81. The molecule has 7 heteroatoms. The molecular formula is C20H26N4O3. The number of carbonyl (C=O) groups is 1. The number of rotatable bonds is 6. The predicted octanol–water partition coefficient (Wildman–Crippen LogP) is 2.08. The normalized spacial score (nSPS) is 14.3. The Morgan fingerprint density at radius 1 is 1.00 bits per heavy atom. The van der Waals surface area contributed by atoms with Gasteiger partial charge in [0, 0.05) is 44.9 Å². The number of anilines is 1. The fourth-order valence-corrected chi connectivity index (χ4v) is 2.98. The molecule has 0 aliphatic carbocycles. The summed E-state index contributed by atoms with van der Waals surface area (Å²) in [7, 11) is 1.63. The van der Waals surface area contributed by atoms with Crippen molar-refractivity contribution < 1.29 is 14.3 Å². The molecule has 1 aromatic heterocycles. The zero-order valence-corrected chi connectivity index (χ0v) is 16.1. The first-order chi connectivity index (χ1) is 13.1. The van der Waals surface area contributed by atoms with Crippen molar-refractivity contribution in [2.75, 3.05) is 51.4 Å². The van der Waals surface area contributed by atoms with Crippen molar-refractivity contribution in [1.82, 2.24) is 15.1 Å². The topological polar surface area (TPSA) is 67.8 Å². The van der Waals surface area contributed by atoms with Gasteiger partial charge in [-0.05, 0) is 43.2 Å². The number of carbonyl (C=O) groups excluding carboxylic acids is 1. The molecule has 0 atom stereocenters. The molecule has 27 heavy (non-hydrogen) atoms. The highest BCUT2D eigenvalue weighted by atomic mass is 16.5. The van der Waals surface area contributed by atoms with Crippen LogP contribution in [0.3, 0.4) is 0 Å². The number of piperazine rings is 1. The standard InChI is InChI=1S/C20H26N4O3/c1-15-4-5-17(14-16(15)2)20(25)24-10-8-23(9-11-24)18-6-7-19(22-21-18)27-13-12-26-3/h4-7,14H,8-13H2,1-3H3. The minimum Gasteiger partial charge on any atom is -0.474 e. The van der Waals surface area contributed by atoms with Gasteiger partial charge in [-0.2, -0.15) is 0 Å². The molecule has 3 rings (SSSR count). The molecule has 2 aromatic rings. The molecule has 0 N–H and O–H groups in total. The Morgan fingerprint density at radius 3 is 2.41 bits per heavy atom. The van der Waals surface area contributed by atoms with Gasteiger partial charge >= 0.3 is 0 Å². The number of amides is 1.